The van der Waals surface area contributed by atoms with Crippen LogP contribution in [-0.4, -0.2) is 48.4 Å². The van der Waals surface area contributed by atoms with E-state index in [4.69, 9.17) is 0 Å². The highest BCUT2D eigenvalue weighted by Gasteiger charge is 2.60. The molecule has 0 bridgehead atoms. The maximum Gasteiger partial charge on any atom is 0.154 e. The summed E-state index contributed by atoms with van der Waals surface area (Å²) in [6.07, 6.45) is 0. The Hall–Kier alpha value is -7.04. The molecule has 9 aromatic carbocycles. The van der Waals surface area contributed by atoms with Gasteiger partial charge in [0.1, 0.15) is 32.3 Å². The Morgan fingerprint density at radius 2 is 0.325 bits per heavy atom. The van der Waals surface area contributed by atoms with Crippen LogP contribution in [0.4, 0.5) is 0 Å². The van der Waals surface area contributed by atoms with Gasteiger partial charge in [-0.05, 0) is 236 Å². The standard InChI is InChI=1S/C46H62S2Si2.2C28H26S2Si2/c1-41(2,3)49(42(4,5)6,43(7,8)9)25-21-33-35-27-31-19-23-47-39(31)29-37(35)34(38-30-40-32(20-24-48-40)28-36(33)38)22-26-50(44(10,11)12,45(13,14)15)46(16,17)18;1-31(2,3)13-9-21-23-15-19-7-11-30-28(19)18-26(23)22(10-14-32(4,5)6)24-16-20-8-12-29-27(20)17-25(21)24;1-31(2,3)13-9-21-23-15-19-7-11-29-27(19)17-25(23)22(10-14-32(4,5)6)26-18-28-20(8-12-30-28)16-24(21)26/h19-20,23-24,27-30H,1-18H3;2*7-8,11-12,15-18H,1-6H3. The first-order valence-electron chi connectivity index (χ1n) is 40.3. The highest BCUT2D eigenvalue weighted by molar-refractivity contribution is 7.19. The molecule has 15 rings (SSSR count). The van der Waals surface area contributed by atoms with Crippen molar-refractivity contribution in [3.8, 4) is 68.8 Å². The van der Waals surface area contributed by atoms with E-state index in [-0.39, 0.29) is 30.2 Å². The normalized spacial score (nSPS) is 13.1. The molecule has 0 saturated carbocycles. The zero-order valence-electron chi connectivity index (χ0n) is 73.3. The second-order valence-electron chi connectivity index (χ2n) is 41.9. The lowest BCUT2D eigenvalue weighted by molar-refractivity contribution is 0.548. The summed E-state index contributed by atoms with van der Waals surface area (Å²) in [5.74, 6) is 22.8. The molecule has 114 heavy (non-hydrogen) atoms. The number of hydrogen-bond donors (Lipinski definition) is 0. The van der Waals surface area contributed by atoms with Gasteiger partial charge in [-0.25, -0.2) is 0 Å². The maximum atomic E-state index is 4.24. The topological polar surface area (TPSA) is 0 Å². The summed E-state index contributed by atoms with van der Waals surface area (Å²) < 4.78 is 7.88. The van der Waals surface area contributed by atoms with Gasteiger partial charge in [-0.1, -0.05) is 239 Å². The van der Waals surface area contributed by atoms with Crippen molar-refractivity contribution in [3.63, 3.8) is 0 Å². The van der Waals surface area contributed by atoms with Gasteiger partial charge in [-0.2, -0.15) is 0 Å². The number of rotatable bonds is 0. The monoisotopic (exact) mass is 1700 g/mol. The largest absolute Gasteiger partial charge is 0.154 e. The fraction of sp³-hybridized carbons (Fsp3) is 0.353. The lowest BCUT2D eigenvalue weighted by Gasteiger charge is -2.55. The van der Waals surface area contributed by atoms with Crippen LogP contribution < -0.4 is 0 Å². The van der Waals surface area contributed by atoms with Crippen molar-refractivity contribution in [2.75, 3.05) is 0 Å². The summed E-state index contributed by atoms with van der Waals surface area (Å²) in [6, 6.07) is 41.9. The Morgan fingerprint density at radius 1 is 0.193 bits per heavy atom. The van der Waals surface area contributed by atoms with Crippen molar-refractivity contribution in [2.24, 2.45) is 0 Å². The summed E-state index contributed by atoms with van der Waals surface area (Å²) >= 11 is 10.8. The number of thiophene rings is 6. The Balaban J connectivity index is 0.000000155. The van der Waals surface area contributed by atoms with Crippen LogP contribution >= 0.6 is 68.0 Å². The molecule has 0 saturated heterocycles. The minimum Gasteiger partial charge on any atom is -0.144 e. The van der Waals surface area contributed by atoms with Crippen molar-refractivity contribution in [1.29, 1.82) is 0 Å². The fourth-order valence-corrected chi connectivity index (χ4v) is 42.6. The molecule has 0 spiro atoms. The summed E-state index contributed by atoms with van der Waals surface area (Å²) in [6.45, 7) is 71.7. The second kappa shape index (κ2) is 30.1. The van der Waals surface area contributed by atoms with Crippen molar-refractivity contribution in [2.45, 2.75) is 233 Å². The third-order valence-corrected chi connectivity index (χ3v) is 45.8. The molecule has 0 radical (unpaired) electrons. The molecule has 0 nitrogen and oxygen atoms in total. The molecule has 582 valence electrons. The average molecular weight is 1700 g/mol. The number of fused-ring (bicyclic) bond motifs is 12. The second-order valence-corrected chi connectivity index (χ2v) is 79.1. The lowest BCUT2D eigenvalue weighted by atomic mass is 9.91. The van der Waals surface area contributed by atoms with Crippen LogP contribution in [0.25, 0.3) is 125 Å². The van der Waals surface area contributed by atoms with Gasteiger partial charge in [0.2, 0.25) is 0 Å². The van der Waals surface area contributed by atoms with E-state index in [0.717, 1.165) is 5.56 Å². The highest BCUT2D eigenvalue weighted by atomic mass is 32.1. The van der Waals surface area contributed by atoms with Crippen LogP contribution in [-0.2, 0) is 0 Å². The molecule has 6 heterocycles. The van der Waals surface area contributed by atoms with Crippen molar-refractivity contribution in [1.82, 2.24) is 0 Å². The van der Waals surface area contributed by atoms with Crippen molar-refractivity contribution >= 4 is 242 Å². The van der Waals surface area contributed by atoms with Gasteiger partial charge in [0.05, 0.1) is 0 Å². The Kier molecular flexibility index (Phi) is 22.4. The molecule has 0 fully saturated rings. The molecule has 6 aromatic heterocycles. The van der Waals surface area contributed by atoms with Gasteiger partial charge < -0.3 is 0 Å². The molecular weight excluding hydrogens is 1590 g/mol. The van der Waals surface area contributed by atoms with Gasteiger partial charge >= 0.3 is 0 Å². The van der Waals surface area contributed by atoms with Crippen LogP contribution in [0.3, 0.4) is 0 Å². The smallest absolute Gasteiger partial charge is 0.144 e. The van der Waals surface area contributed by atoms with Gasteiger partial charge in [0.15, 0.2) is 16.1 Å². The molecule has 0 N–H and O–H groups in total. The number of hydrogen-bond acceptors (Lipinski definition) is 6. The van der Waals surface area contributed by atoms with Gasteiger partial charge in [0.25, 0.3) is 0 Å². The Morgan fingerprint density at radius 3 is 0.456 bits per heavy atom. The molecule has 0 aliphatic heterocycles. The Bertz CT molecular complexity index is 5830. The van der Waals surface area contributed by atoms with E-state index in [9.17, 15) is 0 Å². The van der Waals surface area contributed by atoms with Gasteiger partial charge in [-0.3, -0.25) is 0 Å². The molecule has 0 amide bonds. The zero-order valence-corrected chi connectivity index (χ0v) is 84.2. The zero-order chi connectivity index (χ0) is 83.0. The third-order valence-electron chi connectivity index (χ3n) is 22.5. The molecule has 0 aliphatic carbocycles. The molecule has 0 atom stereocenters. The van der Waals surface area contributed by atoms with Crippen LogP contribution in [0.1, 0.15) is 158 Å². The number of benzene rings is 9. The summed E-state index contributed by atoms with van der Waals surface area (Å²) in [4.78, 5) is 0. The van der Waals surface area contributed by atoms with Crippen LogP contribution in [0.5, 0.6) is 0 Å². The Labute approximate surface area is 711 Å². The molecule has 0 unspecified atom stereocenters. The minimum atomic E-state index is -2.34. The van der Waals surface area contributed by atoms with Crippen molar-refractivity contribution in [3.05, 3.63) is 175 Å². The van der Waals surface area contributed by atoms with E-state index in [1.807, 2.05) is 22.7 Å². The molecule has 15 aromatic rings. The van der Waals surface area contributed by atoms with Gasteiger partial charge in [-0.15, -0.1) is 101 Å². The van der Waals surface area contributed by atoms with Crippen LogP contribution in [0, 0.1) is 68.8 Å². The van der Waals surface area contributed by atoms with Gasteiger partial charge in [0, 0.05) is 93.9 Å². The van der Waals surface area contributed by atoms with E-state index in [0.29, 0.717) is 0 Å². The average Bonchev–Trinajstić information content (AvgIpc) is 0.956. The van der Waals surface area contributed by atoms with Crippen LogP contribution in [0.15, 0.2) is 141 Å². The van der Waals surface area contributed by atoms with E-state index in [1.54, 1.807) is 45.3 Å². The fourth-order valence-electron chi connectivity index (χ4n) is 19.4. The first-order valence-corrected chi connectivity index (χ1v) is 63.6. The predicted octanol–water partition coefficient (Wildman–Crippen LogP) is 33.7. The first-order chi connectivity index (χ1) is 52.8. The lowest BCUT2D eigenvalue weighted by Crippen LogP contribution is -2.57. The van der Waals surface area contributed by atoms with E-state index >= 15 is 0 Å². The maximum absolute atomic E-state index is 4.24. The first kappa shape index (κ1) is 84.9. The highest BCUT2D eigenvalue weighted by Crippen LogP contribution is 2.63. The van der Waals surface area contributed by atoms with Crippen LogP contribution in [0.2, 0.25) is 109 Å². The quantitative estimate of drug-likeness (QED) is 0.0806. The SMILES string of the molecule is CC(C)(C)[Si](C#Cc1c2cc3ccsc3cc2c(C#C[Si](C(C)(C)C)(C(C)(C)C)C(C)(C)C)c2cc3sccc3cc12)(C(C)(C)C)C(C)(C)C.C[Si](C)(C)C#Cc1c2cc3ccsc3cc2c(C#C[Si](C)(C)C)c2cc3ccsc3cc12.C[Si](C)(C)C#Cc1c2cc3ccsc3cc2c(C#C[Si](C)(C)C)c2cc3sccc3cc12. The van der Waals surface area contributed by atoms with E-state index < -0.39 is 48.4 Å². The summed E-state index contributed by atoms with van der Waals surface area (Å²) in [5.41, 5.74) is 30.1. The molecule has 12 heteroatoms. The molecule has 0 aliphatic rings. The third kappa shape index (κ3) is 16.4. The van der Waals surface area contributed by atoms with E-state index in [2.05, 4.69) is 413 Å². The van der Waals surface area contributed by atoms with E-state index in [1.165, 1.54) is 153 Å². The minimum absolute atomic E-state index is 0.0790. The summed E-state index contributed by atoms with van der Waals surface area (Å²) in [7, 11) is -10.8. The summed E-state index contributed by atoms with van der Waals surface area (Å²) in [5, 5.41) is 36.3. The van der Waals surface area contributed by atoms with Crippen molar-refractivity contribution < 1.29 is 0 Å². The predicted molar refractivity (Wildman–Crippen MR) is 541 cm³/mol. The molecular formula is C102H114S6Si6.